The standard InChI is InChI=1S/C41H70N2O6/c1-35(2,3)49-34(46)43-23-13-12-14-26(43)33(45)42-30-17-19-38(8)28(36(30,4)5)16-21-39(9)29(38)24-27(44)32-25(15-20-40(32,39)10)41(11)22-18-31(48-41)37(6,7)47/h25-32,44,47H,12-24H2,1-11H3,(H,42,45)/t25-,26-,27+,28-,29+,30-,31+,32-,38-,39+,40+,41-/m0/s1. The van der Waals surface area contributed by atoms with E-state index >= 15 is 0 Å². The highest BCUT2D eigenvalue weighted by Gasteiger charge is 2.72. The van der Waals surface area contributed by atoms with Gasteiger partial charge in [0.25, 0.3) is 0 Å². The Morgan fingerprint density at radius 3 is 2.14 bits per heavy atom. The third kappa shape index (κ3) is 5.98. The first-order chi connectivity index (χ1) is 22.5. The lowest BCUT2D eigenvalue weighted by atomic mass is 9.35. The van der Waals surface area contributed by atoms with Crippen LogP contribution in [0.5, 0.6) is 0 Å². The van der Waals surface area contributed by atoms with Crippen LogP contribution in [0.3, 0.4) is 0 Å². The minimum absolute atomic E-state index is 0.00841. The molecule has 0 bridgehead atoms. The molecule has 280 valence electrons. The summed E-state index contributed by atoms with van der Waals surface area (Å²) >= 11 is 0. The van der Waals surface area contributed by atoms with Crippen LogP contribution in [-0.4, -0.2) is 74.8 Å². The Morgan fingerprint density at radius 2 is 1.51 bits per heavy atom. The summed E-state index contributed by atoms with van der Waals surface area (Å²) in [7, 11) is 0. The first-order valence-corrected chi connectivity index (χ1v) is 19.9. The monoisotopic (exact) mass is 687 g/mol. The zero-order valence-corrected chi connectivity index (χ0v) is 32.8. The number of likely N-dealkylation sites (tertiary alicyclic amines) is 1. The molecule has 6 rings (SSSR count). The highest BCUT2D eigenvalue weighted by molar-refractivity contribution is 5.86. The number of fused-ring (bicyclic) bond motifs is 5. The Kier molecular flexibility index (Phi) is 9.22. The molecule has 4 aliphatic carbocycles. The molecule has 4 saturated carbocycles. The molecule has 0 aromatic carbocycles. The van der Waals surface area contributed by atoms with Crippen LogP contribution in [0.25, 0.3) is 0 Å². The Balaban J connectivity index is 1.20. The molecule has 12 atom stereocenters. The van der Waals surface area contributed by atoms with Crippen molar-refractivity contribution in [2.24, 2.45) is 45.3 Å². The molecule has 8 heteroatoms. The first-order valence-electron chi connectivity index (χ1n) is 19.9. The van der Waals surface area contributed by atoms with Gasteiger partial charge < -0.3 is 25.0 Å². The molecule has 2 amide bonds. The molecule has 3 N–H and O–H groups in total. The van der Waals surface area contributed by atoms with E-state index in [0.29, 0.717) is 24.8 Å². The smallest absolute Gasteiger partial charge is 0.410 e. The zero-order chi connectivity index (χ0) is 36.2. The number of nitrogens with one attached hydrogen (secondary N) is 1. The maximum Gasteiger partial charge on any atom is 0.410 e. The van der Waals surface area contributed by atoms with Crippen molar-refractivity contribution in [1.82, 2.24) is 10.2 Å². The summed E-state index contributed by atoms with van der Waals surface area (Å²) in [4.78, 5) is 28.8. The summed E-state index contributed by atoms with van der Waals surface area (Å²) < 4.78 is 12.5. The fraction of sp³-hybridized carbons (Fsp3) is 0.951. The second kappa shape index (κ2) is 12.1. The normalized spacial score (nSPS) is 46.8. The molecule has 2 saturated heterocycles. The summed E-state index contributed by atoms with van der Waals surface area (Å²) in [5.74, 6) is 1.24. The SMILES string of the molecule is CC(C)(C)OC(=O)N1CCCC[C@H]1C(=O)N[C@H]1CC[C@]2(C)[C@H]3C[C@@H](O)[C@@H]4[C@@H]([C@]5(C)CC[C@H](C(C)(C)O)O5)CC[C@@]4(C)[C@]3(C)CC[C@H]2C1(C)C. The number of carbonyl (C=O) groups excluding carboxylic acids is 2. The molecule has 6 fully saturated rings. The maximum atomic E-state index is 14.0. The number of hydrogen-bond acceptors (Lipinski definition) is 6. The molecule has 0 aromatic rings. The molecule has 8 nitrogen and oxygen atoms in total. The van der Waals surface area contributed by atoms with Crippen molar-refractivity contribution in [1.29, 1.82) is 0 Å². The van der Waals surface area contributed by atoms with Crippen molar-refractivity contribution in [3.05, 3.63) is 0 Å². The largest absolute Gasteiger partial charge is 0.444 e. The highest BCUT2D eigenvalue weighted by atomic mass is 16.6. The molecular formula is C41H70N2O6. The van der Waals surface area contributed by atoms with Crippen LogP contribution in [-0.2, 0) is 14.3 Å². The van der Waals surface area contributed by atoms with Crippen LogP contribution in [0.2, 0.25) is 0 Å². The van der Waals surface area contributed by atoms with Gasteiger partial charge in [0.15, 0.2) is 0 Å². The molecule has 0 spiro atoms. The molecular weight excluding hydrogens is 616 g/mol. The van der Waals surface area contributed by atoms with Gasteiger partial charge in [0, 0.05) is 12.6 Å². The van der Waals surface area contributed by atoms with E-state index in [9.17, 15) is 19.8 Å². The molecule has 2 aliphatic heterocycles. The Labute approximate surface area is 297 Å². The Bertz CT molecular complexity index is 1290. The second-order valence-electron chi connectivity index (χ2n) is 20.7. The first kappa shape index (κ1) is 37.4. The topological polar surface area (TPSA) is 108 Å². The van der Waals surface area contributed by atoms with Crippen LogP contribution in [0.15, 0.2) is 0 Å². The molecule has 0 radical (unpaired) electrons. The van der Waals surface area contributed by atoms with E-state index in [0.717, 1.165) is 70.6 Å². The van der Waals surface area contributed by atoms with Gasteiger partial charge in [-0.05, 0) is 164 Å². The third-order valence-corrected chi connectivity index (χ3v) is 16.1. The lowest BCUT2D eigenvalue weighted by molar-refractivity contribution is -0.240. The fourth-order valence-electron chi connectivity index (χ4n) is 13.4. The van der Waals surface area contributed by atoms with E-state index in [1.807, 2.05) is 34.6 Å². The lowest BCUT2D eigenvalue weighted by Crippen LogP contribution is -2.68. The molecule has 0 unspecified atom stereocenters. The van der Waals surface area contributed by atoms with Crippen molar-refractivity contribution in [3.63, 3.8) is 0 Å². The number of hydrogen-bond donors (Lipinski definition) is 3. The Hall–Kier alpha value is -1.38. The predicted molar refractivity (Wildman–Crippen MR) is 192 cm³/mol. The van der Waals surface area contributed by atoms with E-state index < -0.39 is 23.3 Å². The quantitative estimate of drug-likeness (QED) is 0.281. The van der Waals surface area contributed by atoms with Crippen LogP contribution in [0.4, 0.5) is 4.79 Å². The van der Waals surface area contributed by atoms with Crippen molar-refractivity contribution >= 4 is 12.0 Å². The third-order valence-electron chi connectivity index (χ3n) is 16.1. The summed E-state index contributed by atoms with van der Waals surface area (Å²) in [6.45, 7) is 24.4. The number of carbonyl (C=O) groups is 2. The number of aliphatic hydroxyl groups excluding tert-OH is 1. The average Bonchev–Trinajstić information content (AvgIpc) is 3.58. The van der Waals surface area contributed by atoms with E-state index in [4.69, 9.17) is 9.47 Å². The number of ether oxygens (including phenoxy) is 2. The van der Waals surface area contributed by atoms with E-state index in [1.54, 1.807) is 4.90 Å². The van der Waals surface area contributed by atoms with Crippen molar-refractivity contribution in [2.45, 2.75) is 194 Å². The van der Waals surface area contributed by atoms with Gasteiger partial charge in [0.1, 0.15) is 11.6 Å². The highest BCUT2D eigenvalue weighted by Crippen LogP contribution is 2.76. The molecule has 6 aliphatic rings. The van der Waals surface area contributed by atoms with Gasteiger partial charge in [-0.25, -0.2) is 4.79 Å². The summed E-state index contributed by atoms with van der Waals surface area (Å²) in [6.07, 6.45) is 10.5. The number of piperidine rings is 1. The maximum absolute atomic E-state index is 14.0. The van der Waals surface area contributed by atoms with Gasteiger partial charge in [0.2, 0.25) is 5.91 Å². The van der Waals surface area contributed by atoms with E-state index in [-0.39, 0.29) is 63.3 Å². The van der Waals surface area contributed by atoms with Gasteiger partial charge in [-0.3, -0.25) is 9.69 Å². The molecule has 2 heterocycles. The van der Waals surface area contributed by atoms with Gasteiger partial charge >= 0.3 is 6.09 Å². The van der Waals surface area contributed by atoms with Crippen LogP contribution < -0.4 is 5.32 Å². The fourth-order valence-corrected chi connectivity index (χ4v) is 13.4. The second-order valence-corrected chi connectivity index (χ2v) is 20.7. The number of aliphatic hydroxyl groups is 2. The molecule has 49 heavy (non-hydrogen) atoms. The average molecular weight is 687 g/mol. The van der Waals surface area contributed by atoms with Crippen molar-refractivity contribution < 1.29 is 29.3 Å². The summed E-state index contributed by atoms with van der Waals surface area (Å²) in [6, 6.07) is -0.465. The molecule has 0 aromatic heterocycles. The van der Waals surface area contributed by atoms with Gasteiger partial charge in [-0.15, -0.1) is 0 Å². The summed E-state index contributed by atoms with van der Waals surface area (Å²) in [5.41, 5.74) is -1.77. The number of amides is 2. The van der Waals surface area contributed by atoms with Gasteiger partial charge in [-0.1, -0.05) is 34.6 Å². The predicted octanol–water partition coefficient (Wildman–Crippen LogP) is 7.63. The van der Waals surface area contributed by atoms with E-state index in [2.05, 4.69) is 46.9 Å². The van der Waals surface area contributed by atoms with Gasteiger partial charge in [0.05, 0.1) is 23.4 Å². The lowest BCUT2D eigenvalue weighted by Gasteiger charge is -2.71. The van der Waals surface area contributed by atoms with E-state index in [1.165, 1.54) is 0 Å². The van der Waals surface area contributed by atoms with Crippen LogP contribution >= 0.6 is 0 Å². The minimum Gasteiger partial charge on any atom is -0.444 e. The number of nitrogens with zero attached hydrogens (tertiary/aromatic N) is 1. The van der Waals surface area contributed by atoms with Crippen LogP contribution in [0.1, 0.15) is 153 Å². The summed E-state index contributed by atoms with van der Waals surface area (Å²) in [5, 5.41) is 26.5. The van der Waals surface area contributed by atoms with Crippen LogP contribution in [0, 0.1) is 45.3 Å². The Morgan fingerprint density at radius 1 is 0.837 bits per heavy atom. The number of rotatable bonds is 4. The van der Waals surface area contributed by atoms with Gasteiger partial charge in [-0.2, -0.15) is 0 Å². The zero-order valence-electron chi connectivity index (χ0n) is 32.8. The minimum atomic E-state index is -0.867. The van der Waals surface area contributed by atoms with Crippen molar-refractivity contribution in [2.75, 3.05) is 6.54 Å². The van der Waals surface area contributed by atoms with Crippen molar-refractivity contribution in [3.8, 4) is 0 Å².